The topological polar surface area (TPSA) is 49.9 Å². The number of amides is 2. The molecule has 25 heavy (non-hydrogen) atoms. The lowest BCUT2D eigenvalue weighted by Gasteiger charge is -2.36. The van der Waals surface area contributed by atoms with Gasteiger partial charge in [-0.1, -0.05) is 19.1 Å². The van der Waals surface area contributed by atoms with Crippen molar-refractivity contribution in [1.82, 2.24) is 9.80 Å². The number of benzene rings is 1. The number of carbonyl (C=O) groups is 2. The molecule has 1 aliphatic rings. The molecule has 1 atom stereocenters. The van der Waals surface area contributed by atoms with Gasteiger partial charge in [-0.3, -0.25) is 4.79 Å². The second-order valence-corrected chi connectivity index (χ2v) is 7.52. The van der Waals surface area contributed by atoms with Crippen molar-refractivity contribution < 1.29 is 18.7 Å². The molecule has 138 valence electrons. The number of piperazine rings is 1. The molecule has 1 aromatic carbocycles. The first-order valence-electron chi connectivity index (χ1n) is 8.67. The highest BCUT2D eigenvalue weighted by Crippen LogP contribution is 2.16. The van der Waals surface area contributed by atoms with Crippen LogP contribution in [-0.2, 0) is 16.0 Å². The highest BCUT2D eigenvalue weighted by Gasteiger charge is 2.29. The van der Waals surface area contributed by atoms with Crippen molar-refractivity contribution in [1.29, 1.82) is 0 Å². The van der Waals surface area contributed by atoms with E-state index in [0.717, 1.165) is 5.56 Å². The van der Waals surface area contributed by atoms with E-state index >= 15 is 0 Å². The predicted octanol–water partition coefficient (Wildman–Crippen LogP) is 3.08. The standard InChI is InChI=1S/C19H27FN2O3/c1-14(13-15-5-7-16(20)8-6-15)17(23)21-9-11-22(12-10-21)18(24)25-19(2,3)4/h5-8,14H,9-13H2,1-4H3. The molecule has 0 N–H and O–H groups in total. The summed E-state index contributed by atoms with van der Waals surface area (Å²) < 4.78 is 18.3. The zero-order valence-corrected chi connectivity index (χ0v) is 15.4. The van der Waals surface area contributed by atoms with Gasteiger partial charge in [-0.15, -0.1) is 0 Å². The first-order valence-corrected chi connectivity index (χ1v) is 8.67. The van der Waals surface area contributed by atoms with E-state index in [9.17, 15) is 14.0 Å². The van der Waals surface area contributed by atoms with Crippen LogP contribution in [0.15, 0.2) is 24.3 Å². The predicted molar refractivity (Wildman–Crippen MR) is 93.7 cm³/mol. The summed E-state index contributed by atoms with van der Waals surface area (Å²) >= 11 is 0. The summed E-state index contributed by atoms with van der Waals surface area (Å²) in [6.45, 7) is 9.35. The van der Waals surface area contributed by atoms with Gasteiger partial charge in [0.2, 0.25) is 5.91 Å². The van der Waals surface area contributed by atoms with Crippen LogP contribution in [0, 0.1) is 11.7 Å². The average Bonchev–Trinajstić information content (AvgIpc) is 2.55. The number of rotatable bonds is 3. The maximum atomic E-state index is 13.0. The van der Waals surface area contributed by atoms with Crippen molar-refractivity contribution in [2.75, 3.05) is 26.2 Å². The molecular weight excluding hydrogens is 323 g/mol. The summed E-state index contributed by atoms with van der Waals surface area (Å²) in [6, 6.07) is 6.23. The molecule has 0 bridgehead atoms. The Morgan fingerprint density at radius 3 is 2.12 bits per heavy atom. The lowest BCUT2D eigenvalue weighted by molar-refractivity contribution is -0.136. The molecule has 0 spiro atoms. The van der Waals surface area contributed by atoms with E-state index in [-0.39, 0.29) is 23.7 Å². The van der Waals surface area contributed by atoms with E-state index in [1.807, 2.05) is 27.7 Å². The molecule has 1 aromatic rings. The molecule has 1 unspecified atom stereocenters. The van der Waals surface area contributed by atoms with Crippen LogP contribution in [0.3, 0.4) is 0 Å². The van der Waals surface area contributed by atoms with Crippen LogP contribution in [0.4, 0.5) is 9.18 Å². The second kappa shape index (κ2) is 7.85. The van der Waals surface area contributed by atoms with Gasteiger partial charge in [-0.05, 0) is 44.9 Å². The Balaban J connectivity index is 1.84. The lowest BCUT2D eigenvalue weighted by Crippen LogP contribution is -2.52. The van der Waals surface area contributed by atoms with Crippen LogP contribution in [0.2, 0.25) is 0 Å². The highest BCUT2D eigenvalue weighted by molar-refractivity contribution is 5.79. The Labute approximate surface area is 148 Å². The maximum absolute atomic E-state index is 13.0. The monoisotopic (exact) mass is 350 g/mol. The molecule has 1 saturated heterocycles. The zero-order chi connectivity index (χ0) is 18.6. The van der Waals surface area contributed by atoms with Crippen molar-refractivity contribution in [3.05, 3.63) is 35.6 Å². The minimum atomic E-state index is -0.520. The number of hydrogen-bond acceptors (Lipinski definition) is 3. The second-order valence-electron chi connectivity index (χ2n) is 7.52. The van der Waals surface area contributed by atoms with E-state index in [0.29, 0.717) is 32.6 Å². The van der Waals surface area contributed by atoms with Gasteiger partial charge in [0, 0.05) is 32.1 Å². The van der Waals surface area contributed by atoms with Gasteiger partial charge in [0.15, 0.2) is 0 Å². The van der Waals surface area contributed by atoms with Crippen molar-refractivity contribution in [2.45, 2.75) is 39.7 Å². The molecule has 5 nitrogen and oxygen atoms in total. The van der Waals surface area contributed by atoms with Crippen LogP contribution in [0.25, 0.3) is 0 Å². The number of ether oxygens (including phenoxy) is 1. The third kappa shape index (κ3) is 5.73. The molecule has 2 rings (SSSR count). The molecule has 2 amide bonds. The van der Waals surface area contributed by atoms with Crippen LogP contribution < -0.4 is 0 Å². The minimum absolute atomic E-state index is 0.0631. The Morgan fingerprint density at radius 2 is 1.60 bits per heavy atom. The first kappa shape index (κ1) is 19.2. The largest absolute Gasteiger partial charge is 0.444 e. The third-order valence-electron chi connectivity index (χ3n) is 4.12. The fourth-order valence-corrected chi connectivity index (χ4v) is 2.81. The Kier molecular flexibility index (Phi) is 6.03. The van der Waals surface area contributed by atoms with Gasteiger partial charge in [0.25, 0.3) is 0 Å². The van der Waals surface area contributed by atoms with Gasteiger partial charge < -0.3 is 14.5 Å². The van der Waals surface area contributed by atoms with Crippen molar-refractivity contribution in [2.24, 2.45) is 5.92 Å². The molecule has 1 fully saturated rings. The Bertz CT molecular complexity index is 602. The van der Waals surface area contributed by atoms with E-state index in [2.05, 4.69) is 0 Å². The molecule has 1 aliphatic heterocycles. The fraction of sp³-hybridized carbons (Fsp3) is 0.579. The number of carbonyl (C=O) groups excluding carboxylic acids is 2. The molecule has 0 aliphatic carbocycles. The summed E-state index contributed by atoms with van der Waals surface area (Å²) in [5.74, 6) is -0.396. The van der Waals surface area contributed by atoms with Crippen LogP contribution in [0.5, 0.6) is 0 Å². The van der Waals surface area contributed by atoms with Crippen LogP contribution in [0.1, 0.15) is 33.3 Å². The van der Waals surface area contributed by atoms with Crippen molar-refractivity contribution in [3.8, 4) is 0 Å². The molecule has 0 radical (unpaired) electrons. The summed E-state index contributed by atoms with van der Waals surface area (Å²) in [4.78, 5) is 28.1. The first-order chi connectivity index (χ1) is 11.7. The van der Waals surface area contributed by atoms with E-state index in [1.165, 1.54) is 12.1 Å². The average molecular weight is 350 g/mol. The normalized spacial score (nSPS) is 16.5. The molecule has 0 saturated carbocycles. The van der Waals surface area contributed by atoms with E-state index in [1.54, 1.807) is 21.9 Å². The fourth-order valence-electron chi connectivity index (χ4n) is 2.81. The molecule has 0 aromatic heterocycles. The smallest absolute Gasteiger partial charge is 0.410 e. The van der Waals surface area contributed by atoms with Crippen molar-refractivity contribution in [3.63, 3.8) is 0 Å². The Morgan fingerprint density at radius 1 is 1.08 bits per heavy atom. The minimum Gasteiger partial charge on any atom is -0.444 e. The van der Waals surface area contributed by atoms with Crippen molar-refractivity contribution >= 4 is 12.0 Å². The molecule has 6 heteroatoms. The van der Waals surface area contributed by atoms with Gasteiger partial charge in [0.1, 0.15) is 11.4 Å². The van der Waals surface area contributed by atoms with E-state index in [4.69, 9.17) is 4.74 Å². The highest BCUT2D eigenvalue weighted by atomic mass is 19.1. The summed E-state index contributed by atoms with van der Waals surface area (Å²) in [5.41, 5.74) is 0.419. The summed E-state index contributed by atoms with van der Waals surface area (Å²) in [7, 11) is 0. The number of hydrogen-bond donors (Lipinski definition) is 0. The van der Waals surface area contributed by atoms with Gasteiger partial charge >= 0.3 is 6.09 Å². The summed E-state index contributed by atoms with van der Waals surface area (Å²) in [6.07, 6.45) is 0.240. The molecular formula is C19H27FN2O3. The zero-order valence-electron chi connectivity index (χ0n) is 15.4. The van der Waals surface area contributed by atoms with E-state index < -0.39 is 5.60 Å². The third-order valence-corrected chi connectivity index (χ3v) is 4.12. The van der Waals surface area contributed by atoms with Gasteiger partial charge in [-0.2, -0.15) is 0 Å². The van der Waals surface area contributed by atoms with Crippen LogP contribution in [-0.4, -0.2) is 53.6 Å². The maximum Gasteiger partial charge on any atom is 0.410 e. The van der Waals surface area contributed by atoms with Gasteiger partial charge in [0.05, 0.1) is 0 Å². The lowest BCUT2D eigenvalue weighted by atomic mass is 9.99. The quantitative estimate of drug-likeness (QED) is 0.842. The van der Waals surface area contributed by atoms with Crippen LogP contribution >= 0.6 is 0 Å². The molecule has 1 heterocycles. The summed E-state index contributed by atoms with van der Waals surface area (Å²) in [5, 5.41) is 0. The van der Waals surface area contributed by atoms with Gasteiger partial charge in [-0.25, -0.2) is 9.18 Å². The Hall–Kier alpha value is -2.11. The number of nitrogens with zero attached hydrogens (tertiary/aromatic N) is 2. The SMILES string of the molecule is CC(Cc1ccc(F)cc1)C(=O)N1CCN(C(=O)OC(C)(C)C)CC1. The number of halogens is 1.